The zero-order chi connectivity index (χ0) is 17.9. The smallest absolute Gasteiger partial charge is 0.254 e. The fourth-order valence-electron chi connectivity index (χ4n) is 3.54. The molecule has 0 radical (unpaired) electrons. The summed E-state index contributed by atoms with van der Waals surface area (Å²) in [5.41, 5.74) is 5.75. The van der Waals surface area contributed by atoms with Gasteiger partial charge in [0.2, 0.25) is 5.91 Å². The average molecular weight is 366 g/mol. The SMILES string of the molecule is NCCC(=O)N1CCC2(CC1)CN(C(=O)c1ccc(Cl)cc1)CCO2. The molecule has 2 N–H and O–H groups in total. The monoisotopic (exact) mass is 365 g/mol. The van der Waals surface area contributed by atoms with Crippen LogP contribution in [0.5, 0.6) is 0 Å². The number of likely N-dealkylation sites (tertiary alicyclic amines) is 1. The van der Waals surface area contributed by atoms with E-state index in [1.165, 1.54) is 0 Å². The van der Waals surface area contributed by atoms with Gasteiger partial charge < -0.3 is 20.3 Å². The molecule has 25 heavy (non-hydrogen) atoms. The Morgan fingerprint density at radius 1 is 1.12 bits per heavy atom. The van der Waals surface area contributed by atoms with Crippen LogP contribution in [0.2, 0.25) is 5.02 Å². The largest absolute Gasteiger partial charge is 0.371 e. The lowest BCUT2D eigenvalue weighted by Gasteiger charge is -2.47. The highest BCUT2D eigenvalue weighted by Crippen LogP contribution is 2.31. The van der Waals surface area contributed by atoms with Gasteiger partial charge >= 0.3 is 0 Å². The second-order valence-corrected chi connectivity index (χ2v) is 7.12. The van der Waals surface area contributed by atoms with E-state index in [1.54, 1.807) is 24.3 Å². The Morgan fingerprint density at radius 3 is 2.44 bits per heavy atom. The summed E-state index contributed by atoms with van der Waals surface area (Å²) in [4.78, 5) is 28.4. The third-order valence-electron chi connectivity index (χ3n) is 5.01. The molecule has 0 atom stereocenters. The molecule has 2 fully saturated rings. The molecule has 0 saturated carbocycles. The summed E-state index contributed by atoms with van der Waals surface area (Å²) in [7, 11) is 0. The van der Waals surface area contributed by atoms with Gasteiger partial charge in [0.25, 0.3) is 5.91 Å². The number of morpholine rings is 1. The van der Waals surface area contributed by atoms with Gasteiger partial charge in [0.1, 0.15) is 0 Å². The standard InChI is InChI=1S/C18H24ClN3O3/c19-15-3-1-14(2-4-15)17(24)22-11-12-25-18(13-22)6-9-21(10-7-18)16(23)5-8-20/h1-4H,5-13,20H2. The number of nitrogens with zero attached hydrogens (tertiary/aromatic N) is 2. The Hall–Kier alpha value is -1.63. The Labute approximate surface area is 152 Å². The maximum absolute atomic E-state index is 12.7. The first kappa shape index (κ1) is 18.2. The number of hydrogen-bond acceptors (Lipinski definition) is 4. The quantitative estimate of drug-likeness (QED) is 0.881. The molecule has 3 rings (SSSR count). The molecule has 2 saturated heterocycles. The van der Waals surface area contributed by atoms with Crippen molar-refractivity contribution in [2.24, 2.45) is 5.73 Å². The van der Waals surface area contributed by atoms with E-state index < -0.39 is 0 Å². The molecular formula is C18H24ClN3O3. The van der Waals surface area contributed by atoms with Gasteiger partial charge in [0.05, 0.1) is 18.8 Å². The van der Waals surface area contributed by atoms with E-state index in [1.807, 2.05) is 9.80 Å². The van der Waals surface area contributed by atoms with Crippen molar-refractivity contribution in [3.63, 3.8) is 0 Å². The van der Waals surface area contributed by atoms with Gasteiger partial charge in [0.15, 0.2) is 0 Å². The molecule has 6 nitrogen and oxygen atoms in total. The van der Waals surface area contributed by atoms with Crippen LogP contribution in [-0.2, 0) is 9.53 Å². The average Bonchev–Trinajstić information content (AvgIpc) is 2.63. The minimum Gasteiger partial charge on any atom is -0.371 e. The molecule has 0 aromatic heterocycles. The first-order chi connectivity index (χ1) is 12.0. The molecule has 1 aromatic rings. The Balaban J connectivity index is 1.62. The summed E-state index contributed by atoms with van der Waals surface area (Å²) < 4.78 is 6.05. The molecule has 0 bridgehead atoms. The molecule has 2 amide bonds. The van der Waals surface area contributed by atoms with E-state index in [-0.39, 0.29) is 17.4 Å². The number of hydrogen-bond donors (Lipinski definition) is 1. The summed E-state index contributed by atoms with van der Waals surface area (Å²) in [5, 5.41) is 0.615. The second-order valence-electron chi connectivity index (χ2n) is 6.68. The second kappa shape index (κ2) is 7.72. The predicted octanol–water partition coefficient (Wildman–Crippen LogP) is 1.52. The number of ether oxygens (including phenoxy) is 1. The van der Waals surface area contributed by atoms with Crippen LogP contribution in [0.3, 0.4) is 0 Å². The van der Waals surface area contributed by atoms with Gasteiger partial charge in [-0.2, -0.15) is 0 Å². The number of amides is 2. The van der Waals surface area contributed by atoms with Crippen LogP contribution in [-0.4, -0.2) is 66.5 Å². The molecule has 2 aliphatic heterocycles. The maximum atomic E-state index is 12.7. The minimum atomic E-state index is -0.347. The van der Waals surface area contributed by atoms with Gasteiger partial charge in [-0.3, -0.25) is 9.59 Å². The zero-order valence-electron chi connectivity index (χ0n) is 14.2. The lowest BCUT2D eigenvalue weighted by Crippen LogP contribution is -2.58. The van der Waals surface area contributed by atoms with Crippen LogP contribution in [0, 0.1) is 0 Å². The van der Waals surface area contributed by atoms with Crippen molar-refractivity contribution >= 4 is 23.4 Å². The number of nitrogens with two attached hydrogens (primary N) is 1. The Kier molecular flexibility index (Phi) is 5.61. The molecule has 2 heterocycles. The molecule has 1 aromatic carbocycles. The number of carbonyl (C=O) groups is 2. The van der Waals surface area contributed by atoms with E-state index in [2.05, 4.69) is 0 Å². The molecule has 1 spiro atoms. The van der Waals surface area contributed by atoms with Gasteiger partial charge in [-0.15, -0.1) is 0 Å². The summed E-state index contributed by atoms with van der Waals surface area (Å²) >= 11 is 5.90. The maximum Gasteiger partial charge on any atom is 0.254 e. The first-order valence-corrected chi connectivity index (χ1v) is 9.07. The van der Waals surface area contributed by atoms with Crippen molar-refractivity contribution in [3.8, 4) is 0 Å². The molecular weight excluding hydrogens is 342 g/mol. The van der Waals surface area contributed by atoms with Crippen molar-refractivity contribution in [3.05, 3.63) is 34.9 Å². The van der Waals surface area contributed by atoms with Crippen LogP contribution in [0.25, 0.3) is 0 Å². The van der Waals surface area contributed by atoms with Crippen molar-refractivity contribution in [1.29, 1.82) is 0 Å². The summed E-state index contributed by atoms with van der Waals surface area (Å²) in [6.45, 7) is 3.35. The van der Waals surface area contributed by atoms with Crippen molar-refractivity contribution < 1.29 is 14.3 Å². The summed E-state index contributed by atoms with van der Waals surface area (Å²) in [6.07, 6.45) is 1.87. The Bertz CT molecular complexity index is 627. The van der Waals surface area contributed by atoms with E-state index in [0.29, 0.717) is 56.3 Å². The van der Waals surface area contributed by atoms with Gasteiger partial charge in [-0.05, 0) is 37.1 Å². The first-order valence-electron chi connectivity index (χ1n) is 8.70. The Morgan fingerprint density at radius 2 is 1.80 bits per heavy atom. The van der Waals surface area contributed by atoms with Crippen molar-refractivity contribution in [2.75, 3.05) is 39.3 Å². The number of halogens is 1. The fraction of sp³-hybridized carbons (Fsp3) is 0.556. The molecule has 136 valence electrons. The van der Waals surface area contributed by atoms with Crippen molar-refractivity contribution in [2.45, 2.75) is 24.9 Å². The number of piperidine rings is 1. The third-order valence-corrected chi connectivity index (χ3v) is 5.26. The molecule has 7 heteroatoms. The van der Waals surface area contributed by atoms with E-state index in [4.69, 9.17) is 22.1 Å². The molecule has 0 aliphatic carbocycles. The topological polar surface area (TPSA) is 75.9 Å². The third kappa shape index (κ3) is 4.14. The van der Waals surface area contributed by atoms with Crippen molar-refractivity contribution in [1.82, 2.24) is 9.80 Å². The van der Waals surface area contributed by atoms with Crippen LogP contribution in [0.1, 0.15) is 29.6 Å². The highest BCUT2D eigenvalue weighted by atomic mass is 35.5. The predicted molar refractivity (Wildman–Crippen MR) is 95.5 cm³/mol. The highest BCUT2D eigenvalue weighted by Gasteiger charge is 2.41. The summed E-state index contributed by atoms with van der Waals surface area (Å²) in [6, 6.07) is 6.96. The molecule has 0 unspecified atom stereocenters. The summed E-state index contributed by atoms with van der Waals surface area (Å²) in [5.74, 6) is 0.100. The van der Waals surface area contributed by atoms with E-state index >= 15 is 0 Å². The van der Waals surface area contributed by atoms with E-state index in [0.717, 1.165) is 12.8 Å². The lowest BCUT2D eigenvalue weighted by atomic mass is 9.89. The molecule has 2 aliphatic rings. The number of carbonyl (C=O) groups excluding carboxylic acids is 2. The minimum absolute atomic E-state index is 0.000907. The van der Waals surface area contributed by atoms with Crippen LogP contribution < -0.4 is 5.73 Å². The van der Waals surface area contributed by atoms with Gasteiger partial charge in [-0.25, -0.2) is 0 Å². The van der Waals surface area contributed by atoms with Crippen LogP contribution in [0.15, 0.2) is 24.3 Å². The normalized spacial score (nSPS) is 19.9. The van der Waals surface area contributed by atoms with Crippen LogP contribution in [0.4, 0.5) is 0 Å². The lowest BCUT2D eigenvalue weighted by molar-refractivity contribution is -0.146. The zero-order valence-corrected chi connectivity index (χ0v) is 15.0. The fourth-order valence-corrected chi connectivity index (χ4v) is 3.67. The van der Waals surface area contributed by atoms with Gasteiger partial charge in [0, 0.05) is 43.2 Å². The number of rotatable bonds is 3. The van der Waals surface area contributed by atoms with E-state index in [9.17, 15) is 9.59 Å². The highest BCUT2D eigenvalue weighted by molar-refractivity contribution is 6.30. The van der Waals surface area contributed by atoms with Crippen LogP contribution >= 0.6 is 11.6 Å². The number of benzene rings is 1. The van der Waals surface area contributed by atoms with Gasteiger partial charge in [-0.1, -0.05) is 11.6 Å².